The van der Waals surface area contributed by atoms with E-state index in [-0.39, 0.29) is 31.9 Å². The van der Waals surface area contributed by atoms with Gasteiger partial charge in [-0.25, -0.2) is 4.57 Å². The van der Waals surface area contributed by atoms with Crippen LogP contribution in [0.15, 0.2) is 30.3 Å². The molecule has 3 N–H and O–H groups in total. The van der Waals surface area contributed by atoms with E-state index in [4.69, 9.17) is 13.8 Å². The number of amides is 1. The highest BCUT2D eigenvalue weighted by Gasteiger charge is 2.38. The summed E-state index contributed by atoms with van der Waals surface area (Å²) in [5.74, 6) is -1.02. The van der Waals surface area contributed by atoms with Gasteiger partial charge in [-0.05, 0) is 12.1 Å². The number of hydrogen-bond donors (Lipinski definition) is 3. The first-order valence-electron chi connectivity index (χ1n) is 9.80. The first kappa shape index (κ1) is 27.7. The maximum absolute atomic E-state index is 13.3. The average Bonchev–Trinajstić information content (AvgIpc) is 2.77. The summed E-state index contributed by atoms with van der Waals surface area (Å²) in [5.41, 5.74) is -1.20. The van der Waals surface area contributed by atoms with Gasteiger partial charge in [0, 0.05) is 19.1 Å². The maximum Gasteiger partial charge on any atom is 0.459 e. The van der Waals surface area contributed by atoms with E-state index in [1.807, 2.05) is 0 Å². The number of hydrogen-bond acceptors (Lipinski definition) is 9. The number of para-hydroxylation sites is 1. The van der Waals surface area contributed by atoms with Crippen molar-refractivity contribution in [2.75, 3.05) is 34.0 Å². The fourth-order valence-corrected chi connectivity index (χ4v) is 3.99. The molecule has 11 nitrogen and oxygen atoms in total. The van der Waals surface area contributed by atoms with Crippen molar-refractivity contribution in [3.05, 3.63) is 30.3 Å². The zero-order valence-corrected chi connectivity index (χ0v) is 19.5. The molecule has 1 aromatic rings. The number of carbonyl (C=O) groups is 3. The lowest BCUT2D eigenvalue weighted by atomic mass is 9.87. The highest BCUT2D eigenvalue weighted by Crippen LogP contribution is 2.46. The quantitative estimate of drug-likeness (QED) is 0.191. The molecule has 180 valence electrons. The molecule has 1 rings (SSSR count). The Hall–Kier alpha value is -2.30. The van der Waals surface area contributed by atoms with Gasteiger partial charge in [-0.3, -0.25) is 14.1 Å². The van der Waals surface area contributed by atoms with Crippen LogP contribution in [0.25, 0.3) is 0 Å². The molecule has 12 heteroatoms. The normalized spacial score (nSPS) is 15.2. The van der Waals surface area contributed by atoms with Crippen LogP contribution in [-0.2, 0) is 32.9 Å². The number of aliphatic hydroxyl groups excluding tert-OH is 1. The predicted molar refractivity (Wildman–Crippen MR) is 115 cm³/mol. The van der Waals surface area contributed by atoms with Crippen LogP contribution in [0.2, 0.25) is 0 Å². The molecule has 0 radical (unpaired) electrons. The summed E-state index contributed by atoms with van der Waals surface area (Å²) in [6, 6.07) is 7.20. The molecule has 3 atom stereocenters. The maximum atomic E-state index is 13.3. The molecule has 0 fully saturated rings. The monoisotopic (exact) mass is 474 g/mol. The molecule has 0 spiro atoms. The fraction of sp³-hybridized carbons (Fsp3) is 0.550. The van der Waals surface area contributed by atoms with Crippen LogP contribution in [0.4, 0.5) is 0 Å². The number of benzene rings is 1. The molecule has 1 amide bonds. The molecule has 0 heterocycles. The van der Waals surface area contributed by atoms with Crippen molar-refractivity contribution in [3.63, 3.8) is 0 Å². The number of ether oxygens (including phenoxy) is 2. The summed E-state index contributed by atoms with van der Waals surface area (Å²) >= 11 is 0. The van der Waals surface area contributed by atoms with E-state index in [2.05, 4.69) is 15.1 Å². The molecule has 0 aromatic heterocycles. The van der Waals surface area contributed by atoms with Crippen molar-refractivity contribution in [2.45, 2.75) is 32.4 Å². The van der Waals surface area contributed by atoms with Gasteiger partial charge in [-0.1, -0.05) is 32.0 Å². The Balaban J connectivity index is 2.86. The number of aliphatic hydroxyl groups is 1. The zero-order chi connectivity index (χ0) is 24.2. The van der Waals surface area contributed by atoms with Gasteiger partial charge in [0.25, 0.3) is 0 Å². The van der Waals surface area contributed by atoms with E-state index in [0.717, 1.165) is 0 Å². The van der Waals surface area contributed by atoms with Crippen LogP contribution in [-0.4, -0.2) is 69.4 Å². The molecule has 0 saturated carbocycles. The number of aldehydes is 1. The third kappa shape index (κ3) is 9.46. The summed E-state index contributed by atoms with van der Waals surface area (Å²) < 4.78 is 33.7. The van der Waals surface area contributed by atoms with Crippen molar-refractivity contribution >= 4 is 25.9 Å². The van der Waals surface area contributed by atoms with E-state index >= 15 is 0 Å². The SMILES string of the molecule is COC[C@@H](C=O)NP(=O)(OCC(C)(C)[C@@H](O)C(=O)NCCC(=O)OC)Oc1ccccc1. The minimum atomic E-state index is -4.11. The average molecular weight is 474 g/mol. The van der Waals surface area contributed by atoms with E-state index in [1.54, 1.807) is 30.3 Å². The lowest BCUT2D eigenvalue weighted by Crippen LogP contribution is -2.46. The van der Waals surface area contributed by atoms with E-state index in [1.165, 1.54) is 28.1 Å². The first-order valence-corrected chi connectivity index (χ1v) is 11.3. The summed E-state index contributed by atoms with van der Waals surface area (Å²) in [7, 11) is -1.51. The lowest BCUT2D eigenvalue weighted by molar-refractivity contribution is -0.141. The van der Waals surface area contributed by atoms with Gasteiger partial charge in [0.2, 0.25) is 5.91 Å². The van der Waals surface area contributed by atoms with Crippen LogP contribution in [0.1, 0.15) is 20.3 Å². The smallest absolute Gasteiger partial charge is 0.459 e. The van der Waals surface area contributed by atoms with Crippen molar-refractivity contribution in [3.8, 4) is 5.75 Å². The number of nitrogens with one attached hydrogen (secondary N) is 2. The second-order valence-corrected chi connectivity index (χ2v) is 9.20. The fourth-order valence-electron chi connectivity index (χ4n) is 2.37. The number of carbonyl (C=O) groups excluding carboxylic acids is 3. The summed E-state index contributed by atoms with van der Waals surface area (Å²) in [4.78, 5) is 34.7. The van der Waals surface area contributed by atoms with Gasteiger partial charge in [-0.15, -0.1) is 0 Å². The van der Waals surface area contributed by atoms with Crippen LogP contribution < -0.4 is 14.9 Å². The molecular weight excluding hydrogens is 443 g/mol. The predicted octanol–water partition coefficient (Wildman–Crippen LogP) is 1.06. The molecular formula is C20H31N2O9P. The largest absolute Gasteiger partial charge is 0.469 e. The Bertz CT molecular complexity index is 789. The second-order valence-electron chi connectivity index (χ2n) is 7.51. The van der Waals surface area contributed by atoms with Gasteiger partial charge in [0.1, 0.15) is 18.1 Å². The van der Waals surface area contributed by atoms with Gasteiger partial charge < -0.3 is 29.2 Å². The lowest BCUT2D eigenvalue weighted by Gasteiger charge is -2.31. The molecule has 0 bridgehead atoms. The van der Waals surface area contributed by atoms with Crippen LogP contribution in [0, 0.1) is 5.41 Å². The molecule has 0 aliphatic heterocycles. The summed E-state index contributed by atoms with van der Waals surface area (Å²) in [5, 5.41) is 15.4. The molecule has 0 aliphatic rings. The molecule has 32 heavy (non-hydrogen) atoms. The van der Waals surface area contributed by atoms with E-state index in [0.29, 0.717) is 6.29 Å². The Labute approximate surface area is 187 Å². The van der Waals surface area contributed by atoms with Crippen LogP contribution >= 0.6 is 7.75 Å². The Morgan fingerprint density at radius 2 is 1.88 bits per heavy atom. The Morgan fingerprint density at radius 1 is 1.22 bits per heavy atom. The zero-order valence-electron chi connectivity index (χ0n) is 18.6. The topological polar surface area (TPSA) is 149 Å². The molecule has 1 aromatic carbocycles. The van der Waals surface area contributed by atoms with E-state index < -0.39 is 37.2 Å². The van der Waals surface area contributed by atoms with Gasteiger partial charge in [-0.2, -0.15) is 5.09 Å². The minimum Gasteiger partial charge on any atom is -0.469 e. The van der Waals surface area contributed by atoms with Gasteiger partial charge in [0.15, 0.2) is 0 Å². The molecule has 0 aliphatic carbocycles. The number of methoxy groups -OCH3 is 2. The van der Waals surface area contributed by atoms with E-state index in [9.17, 15) is 24.1 Å². The Kier molecular flexibility index (Phi) is 11.5. The highest BCUT2D eigenvalue weighted by molar-refractivity contribution is 7.52. The summed E-state index contributed by atoms with van der Waals surface area (Å²) in [6.45, 7) is 2.58. The van der Waals surface area contributed by atoms with Gasteiger partial charge >= 0.3 is 13.7 Å². The molecule has 1 unspecified atom stereocenters. The van der Waals surface area contributed by atoms with Crippen LogP contribution in [0.3, 0.4) is 0 Å². The first-order chi connectivity index (χ1) is 15.1. The minimum absolute atomic E-state index is 0.0191. The third-order valence-corrected chi connectivity index (χ3v) is 5.82. The third-order valence-electron chi connectivity index (χ3n) is 4.25. The van der Waals surface area contributed by atoms with Crippen molar-refractivity contribution in [1.29, 1.82) is 0 Å². The highest BCUT2D eigenvalue weighted by atomic mass is 31.2. The van der Waals surface area contributed by atoms with Crippen LogP contribution in [0.5, 0.6) is 5.75 Å². The molecule has 0 saturated heterocycles. The van der Waals surface area contributed by atoms with Gasteiger partial charge in [0.05, 0.1) is 32.8 Å². The summed E-state index contributed by atoms with van der Waals surface area (Å²) in [6.07, 6.45) is -1.10. The number of rotatable bonds is 15. The second kappa shape index (κ2) is 13.3. The standard InChI is InChI=1S/C20H31N2O9P/c1-20(2,18(25)19(26)21-11-10-17(24)29-4)14-30-32(27,22-15(12-23)13-28-3)31-16-8-6-5-7-9-16/h5-9,12,15,18,25H,10-11,13-14H2,1-4H3,(H,21,26)(H,22,27)/t15-,18+,32?/m1/s1. The van der Waals surface area contributed by atoms with Crippen molar-refractivity contribution in [2.24, 2.45) is 5.41 Å². The Morgan fingerprint density at radius 3 is 2.44 bits per heavy atom. The van der Waals surface area contributed by atoms with Crippen molar-refractivity contribution < 1.29 is 42.6 Å². The van der Waals surface area contributed by atoms with Crippen molar-refractivity contribution in [1.82, 2.24) is 10.4 Å². The number of esters is 1.